The van der Waals surface area contributed by atoms with Gasteiger partial charge in [-0.15, -0.1) is 0 Å². The maximum absolute atomic E-state index is 11.7. The average Bonchev–Trinajstić information content (AvgIpc) is 2.32. The number of carbonyl (C=O) groups excluding carboxylic acids is 1. The molecular weight excluding hydrogens is 226 g/mol. The molecule has 0 bridgehead atoms. The number of nitrogens with one attached hydrogen (secondary N) is 1. The molecule has 0 aliphatic carbocycles. The molecule has 0 radical (unpaired) electrons. The molecule has 0 aromatic heterocycles. The van der Waals surface area contributed by atoms with Crippen LogP contribution in [0.2, 0.25) is 0 Å². The fourth-order valence-electron chi connectivity index (χ4n) is 1.85. The number of amides is 1. The van der Waals surface area contributed by atoms with Gasteiger partial charge in [-0.2, -0.15) is 0 Å². The Morgan fingerprint density at radius 3 is 2.61 bits per heavy atom. The number of hydrogen-bond acceptors (Lipinski definition) is 2. The number of phenols is 1. The van der Waals surface area contributed by atoms with Crippen molar-refractivity contribution in [2.45, 2.75) is 52.4 Å². The van der Waals surface area contributed by atoms with Gasteiger partial charge in [0.2, 0.25) is 5.91 Å². The molecule has 1 rings (SSSR count). The number of anilines is 1. The second kappa shape index (κ2) is 7.75. The molecule has 0 heterocycles. The first-order valence-electron chi connectivity index (χ1n) is 6.73. The van der Waals surface area contributed by atoms with E-state index in [0.29, 0.717) is 12.1 Å². The largest absolute Gasteiger partial charge is 0.506 e. The van der Waals surface area contributed by atoms with E-state index in [2.05, 4.69) is 12.2 Å². The van der Waals surface area contributed by atoms with Gasteiger partial charge in [0.25, 0.3) is 0 Å². The van der Waals surface area contributed by atoms with Crippen LogP contribution in [-0.4, -0.2) is 11.0 Å². The molecule has 0 unspecified atom stereocenters. The van der Waals surface area contributed by atoms with Crippen LogP contribution in [0.1, 0.15) is 51.0 Å². The van der Waals surface area contributed by atoms with Crippen LogP contribution in [0.4, 0.5) is 5.69 Å². The molecule has 0 saturated carbocycles. The molecule has 0 atom stereocenters. The Morgan fingerprint density at radius 2 is 1.94 bits per heavy atom. The van der Waals surface area contributed by atoms with Crippen LogP contribution in [0, 0.1) is 6.92 Å². The molecule has 0 saturated heterocycles. The molecule has 1 aromatic carbocycles. The van der Waals surface area contributed by atoms with Crippen molar-refractivity contribution in [1.29, 1.82) is 0 Å². The zero-order valence-corrected chi connectivity index (χ0v) is 11.3. The van der Waals surface area contributed by atoms with Gasteiger partial charge in [0, 0.05) is 6.42 Å². The number of aryl methyl sites for hydroxylation is 1. The topological polar surface area (TPSA) is 49.3 Å². The third-order valence-electron chi connectivity index (χ3n) is 2.93. The second-order valence-electron chi connectivity index (χ2n) is 4.73. The first-order chi connectivity index (χ1) is 8.63. The average molecular weight is 249 g/mol. The van der Waals surface area contributed by atoms with E-state index in [1.54, 1.807) is 12.1 Å². The number of unbranched alkanes of at least 4 members (excludes halogenated alkanes) is 4. The van der Waals surface area contributed by atoms with E-state index in [0.717, 1.165) is 18.4 Å². The number of aromatic hydroxyl groups is 1. The summed E-state index contributed by atoms with van der Waals surface area (Å²) in [7, 11) is 0. The minimum atomic E-state index is -0.0225. The molecule has 3 heteroatoms. The summed E-state index contributed by atoms with van der Waals surface area (Å²) in [6.45, 7) is 4.08. The quantitative estimate of drug-likeness (QED) is 0.567. The highest BCUT2D eigenvalue weighted by atomic mass is 16.3. The fraction of sp³-hybridized carbons (Fsp3) is 0.533. The van der Waals surface area contributed by atoms with Crippen molar-refractivity contribution in [3.05, 3.63) is 23.8 Å². The predicted octanol–water partition coefficient (Wildman–Crippen LogP) is 4.00. The SMILES string of the molecule is CCCCCCCC(=O)Nc1ccc(C)cc1O. The number of carbonyl (C=O) groups is 1. The van der Waals surface area contributed by atoms with Gasteiger partial charge in [-0.25, -0.2) is 0 Å². The zero-order chi connectivity index (χ0) is 13.4. The number of benzene rings is 1. The van der Waals surface area contributed by atoms with Gasteiger partial charge in [-0.3, -0.25) is 4.79 Å². The molecule has 18 heavy (non-hydrogen) atoms. The lowest BCUT2D eigenvalue weighted by molar-refractivity contribution is -0.116. The molecular formula is C15H23NO2. The second-order valence-corrected chi connectivity index (χ2v) is 4.73. The van der Waals surface area contributed by atoms with Crippen LogP contribution in [0.5, 0.6) is 5.75 Å². The van der Waals surface area contributed by atoms with E-state index in [9.17, 15) is 9.90 Å². The molecule has 0 fully saturated rings. The lowest BCUT2D eigenvalue weighted by Gasteiger charge is -2.07. The van der Waals surface area contributed by atoms with Gasteiger partial charge in [0.1, 0.15) is 5.75 Å². The monoisotopic (exact) mass is 249 g/mol. The molecule has 2 N–H and O–H groups in total. The molecule has 0 aliphatic heterocycles. The van der Waals surface area contributed by atoms with Gasteiger partial charge in [-0.1, -0.05) is 38.7 Å². The van der Waals surface area contributed by atoms with Crippen LogP contribution >= 0.6 is 0 Å². The molecule has 0 spiro atoms. The highest BCUT2D eigenvalue weighted by Crippen LogP contribution is 2.24. The summed E-state index contributed by atoms with van der Waals surface area (Å²) >= 11 is 0. The molecule has 1 amide bonds. The van der Waals surface area contributed by atoms with Crippen molar-refractivity contribution in [3.63, 3.8) is 0 Å². The minimum absolute atomic E-state index is 0.0225. The minimum Gasteiger partial charge on any atom is -0.506 e. The standard InChI is InChI=1S/C15H23NO2/c1-3-4-5-6-7-8-15(18)16-13-10-9-12(2)11-14(13)17/h9-11,17H,3-8H2,1-2H3,(H,16,18). The van der Waals surface area contributed by atoms with E-state index in [1.165, 1.54) is 19.3 Å². The Morgan fingerprint density at radius 1 is 1.22 bits per heavy atom. The molecule has 3 nitrogen and oxygen atoms in total. The Bertz CT molecular complexity index is 388. The van der Waals surface area contributed by atoms with E-state index in [1.807, 2.05) is 13.0 Å². The Balaban J connectivity index is 2.31. The van der Waals surface area contributed by atoms with Gasteiger partial charge >= 0.3 is 0 Å². The lowest BCUT2D eigenvalue weighted by atomic mass is 10.1. The van der Waals surface area contributed by atoms with Crippen LogP contribution in [-0.2, 0) is 4.79 Å². The molecule has 100 valence electrons. The zero-order valence-electron chi connectivity index (χ0n) is 11.3. The van der Waals surface area contributed by atoms with Crippen molar-refractivity contribution in [2.24, 2.45) is 0 Å². The van der Waals surface area contributed by atoms with Gasteiger partial charge < -0.3 is 10.4 Å². The van der Waals surface area contributed by atoms with Gasteiger partial charge in [0.05, 0.1) is 5.69 Å². The fourth-order valence-corrected chi connectivity index (χ4v) is 1.85. The highest BCUT2D eigenvalue weighted by Gasteiger charge is 2.06. The molecule has 0 aliphatic rings. The summed E-state index contributed by atoms with van der Waals surface area (Å²) < 4.78 is 0. The summed E-state index contributed by atoms with van der Waals surface area (Å²) in [6.07, 6.45) is 6.18. The molecule has 1 aromatic rings. The van der Waals surface area contributed by atoms with E-state index in [-0.39, 0.29) is 11.7 Å². The summed E-state index contributed by atoms with van der Waals surface area (Å²) in [5.74, 6) is 0.111. The third-order valence-corrected chi connectivity index (χ3v) is 2.93. The maximum atomic E-state index is 11.7. The van der Waals surface area contributed by atoms with Crippen LogP contribution < -0.4 is 5.32 Å². The van der Waals surface area contributed by atoms with E-state index < -0.39 is 0 Å². The summed E-state index contributed by atoms with van der Waals surface area (Å²) in [5.41, 5.74) is 1.48. The van der Waals surface area contributed by atoms with Crippen molar-refractivity contribution in [1.82, 2.24) is 0 Å². The van der Waals surface area contributed by atoms with E-state index >= 15 is 0 Å². The predicted molar refractivity (Wildman–Crippen MR) is 74.8 cm³/mol. The Labute approximate surface area is 109 Å². The number of hydrogen-bond donors (Lipinski definition) is 2. The summed E-state index contributed by atoms with van der Waals surface area (Å²) in [4.78, 5) is 11.7. The first kappa shape index (κ1) is 14.6. The van der Waals surface area contributed by atoms with Crippen LogP contribution in [0.25, 0.3) is 0 Å². The smallest absolute Gasteiger partial charge is 0.224 e. The third kappa shape index (κ3) is 5.21. The van der Waals surface area contributed by atoms with Crippen molar-refractivity contribution >= 4 is 11.6 Å². The highest BCUT2D eigenvalue weighted by molar-refractivity contribution is 5.92. The van der Waals surface area contributed by atoms with E-state index in [4.69, 9.17) is 0 Å². The summed E-state index contributed by atoms with van der Waals surface area (Å²) in [5, 5.41) is 12.4. The number of rotatable bonds is 7. The first-order valence-corrected chi connectivity index (χ1v) is 6.73. The van der Waals surface area contributed by atoms with Crippen molar-refractivity contribution < 1.29 is 9.90 Å². The number of phenolic OH excluding ortho intramolecular Hbond substituents is 1. The Hall–Kier alpha value is -1.51. The lowest BCUT2D eigenvalue weighted by Crippen LogP contribution is -2.11. The normalized spacial score (nSPS) is 10.3. The van der Waals surface area contributed by atoms with Crippen LogP contribution in [0.15, 0.2) is 18.2 Å². The van der Waals surface area contributed by atoms with Crippen LogP contribution in [0.3, 0.4) is 0 Å². The maximum Gasteiger partial charge on any atom is 0.224 e. The Kier molecular flexibility index (Phi) is 6.26. The van der Waals surface area contributed by atoms with Crippen molar-refractivity contribution in [3.8, 4) is 5.75 Å². The van der Waals surface area contributed by atoms with Gasteiger partial charge in [-0.05, 0) is 31.0 Å². The van der Waals surface area contributed by atoms with Crippen molar-refractivity contribution in [2.75, 3.05) is 5.32 Å². The summed E-state index contributed by atoms with van der Waals surface area (Å²) in [6, 6.07) is 5.26. The van der Waals surface area contributed by atoms with Gasteiger partial charge in [0.15, 0.2) is 0 Å².